The van der Waals surface area contributed by atoms with E-state index in [1.54, 1.807) is 0 Å². The number of oxazole rings is 1. The van der Waals surface area contributed by atoms with E-state index in [-0.39, 0.29) is 12.7 Å². The van der Waals surface area contributed by atoms with Crippen LogP contribution >= 0.6 is 0 Å². The fourth-order valence-corrected chi connectivity index (χ4v) is 1.32. The van der Waals surface area contributed by atoms with Crippen LogP contribution in [-0.4, -0.2) is 16.7 Å². The number of aromatic nitrogens is 1. The van der Waals surface area contributed by atoms with Crippen molar-refractivity contribution in [1.29, 1.82) is 0 Å². The first kappa shape index (κ1) is 7.76. The van der Waals surface area contributed by atoms with E-state index in [1.165, 1.54) is 6.26 Å². The number of ether oxygens (including phenoxy) is 1. The number of hydrogen-bond donors (Lipinski definition) is 1. The molecule has 1 aliphatic rings. The molecule has 0 aromatic carbocycles. The molecule has 1 aromatic heterocycles. The number of hydrogen-bond acceptors (Lipinski definition) is 4. The summed E-state index contributed by atoms with van der Waals surface area (Å²) in [6, 6.07) is 0. The van der Waals surface area contributed by atoms with Gasteiger partial charge in [0.1, 0.15) is 18.1 Å². The first-order valence-electron chi connectivity index (χ1n) is 4.07. The van der Waals surface area contributed by atoms with Gasteiger partial charge in [-0.25, -0.2) is 4.98 Å². The number of nitrogens with zero attached hydrogens (tertiary/aromatic N) is 1. The molecule has 1 fully saturated rings. The van der Waals surface area contributed by atoms with Crippen molar-refractivity contribution in [2.24, 2.45) is 0 Å². The van der Waals surface area contributed by atoms with E-state index >= 15 is 0 Å². The molecule has 4 nitrogen and oxygen atoms in total. The quantitative estimate of drug-likeness (QED) is 0.718. The van der Waals surface area contributed by atoms with Crippen LogP contribution in [0.1, 0.15) is 30.5 Å². The molecule has 0 amide bonds. The molecule has 66 valence electrons. The molecule has 2 rings (SSSR count). The lowest BCUT2D eigenvalue weighted by Crippen LogP contribution is -1.96. The van der Waals surface area contributed by atoms with Crippen LogP contribution in [0.3, 0.4) is 0 Å². The summed E-state index contributed by atoms with van der Waals surface area (Å²) in [5.41, 5.74) is 0.570. The lowest BCUT2D eigenvalue weighted by Gasteiger charge is -2.01. The summed E-state index contributed by atoms with van der Waals surface area (Å²) in [7, 11) is 0. The molecule has 0 radical (unpaired) electrons. The first-order valence-corrected chi connectivity index (χ1v) is 4.07. The summed E-state index contributed by atoms with van der Waals surface area (Å²) in [5.74, 6) is 0.594. The zero-order valence-corrected chi connectivity index (χ0v) is 6.69. The molecule has 1 saturated heterocycles. The third-order valence-corrected chi connectivity index (χ3v) is 1.94. The molecule has 0 saturated carbocycles. The highest BCUT2D eigenvalue weighted by Crippen LogP contribution is 2.27. The van der Waals surface area contributed by atoms with Gasteiger partial charge in [-0.3, -0.25) is 0 Å². The normalized spacial score (nSPS) is 23.2. The monoisotopic (exact) mass is 169 g/mol. The topological polar surface area (TPSA) is 55.5 Å². The Bertz CT molecular complexity index is 253. The maximum absolute atomic E-state index is 8.73. The maximum atomic E-state index is 8.73. The minimum atomic E-state index is -0.0732. The second-order valence-corrected chi connectivity index (χ2v) is 2.84. The zero-order valence-electron chi connectivity index (χ0n) is 6.69. The van der Waals surface area contributed by atoms with Crippen molar-refractivity contribution in [3.8, 4) is 0 Å². The van der Waals surface area contributed by atoms with Crippen LogP contribution in [0.15, 0.2) is 10.7 Å². The predicted molar refractivity (Wildman–Crippen MR) is 40.4 cm³/mol. The third kappa shape index (κ3) is 1.35. The van der Waals surface area contributed by atoms with Crippen LogP contribution in [0, 0.1) is 0 Å². The molecular formula is C8H11NO3. The average molecular weight is 169 g/mol. The summed E-state index contributed by atoms with van der Waals surface area (Å²) < 4.78 is 10.5. The van der Waals surface area contributed by atoms with Gasteiger partial charge in [0, 0.05) is 6.61 Å². The fourth-order valence-electron chi connectivity index (χ4n) is 1.32. The van der Waals surface area contributed by atoms with Crippen LogP contribution in [0.4, 0.5) is 0 Å². The molecule has 1 aromatic rings. The molecule has 2 heterocycles. The van der Waals surface area contributed by atoms with E-state index in [2.05, 4.69) is 4.98 Å². The molecule has 0 bridgehead atoms. The van der Waals surface area contributed by atoms with E-state index in [1.807, 2.05) is 0 Å². The second kappa shape index (κ2) is 3.25. The van der Waals surface area contributed by atoms with Gasteiger partial charge in [-0.2, -0.15) is 0 Å². The van der Waals surface area contributed by atoms with Crippen LogP contribution in [0.25, 0.3) is 0 Å². The van der Waals surface area contributed by atoms with E-state index < -0.39 is 0 Å². The standard InChI is InChI=1S/C8H11NO3/c10-4-6-5-12-8(9-6)7-2-1-3-11-7/h5,7,10H,1-4H2. The Morgan fingerprint density at radius 3 is 3.17 bits per heavy atom. The van der Waals surface area contributed by atoms with E-state index in [4.69, 9.17) is 14.3 Å². The van der Waals surface area contributed by atoms with Gasteiger partial charge in [0.05, 0.1) is 6.61 Å². The molecular weight excluding hydrogens is 158 g/mol. The number of rotatable bonds is 2. The van der Waals surface area contributed by atoms with Crippen molar-refractivity contribution < 1.29 is 14.3 Å². The molecule has 0 spiro atoms. The highest BCUT2D eigenvalue weighted by Gasteiger charge is 2.22. The van der Waals surface area contributed by atoms with Crippen molar-refractivity contribution in [3.63, 3.8) is 0 Å². The van der Waals surface area contributed by atoms with Crippen LogP contribution in [-0.2, 0) is 11.3 Å². The molecule has 1 unspecified atom stereocenters. The van der Waals surface area contributed by atoms with E-state index in [0.29, 0.717) is 11.6 Å². The van der Waals surface area contributed by atoms with Crippen LogP contribution < -0.4 is 0 Å². The molecule has 4 heteroatoms. The van der Waals surface area contributed by atoms with Crippen molar-refractivity contribution in [2.75, 3.05) is 6.61 Å². The summed E-state index contributed by atoms with van der Waals surface area (Å²) in [6.07, 6.45) is 3.49. The lowest BCUT2D eigenvalue weighted by atomic mass is 10.2. The average Bonchev–Trinajstić information content (AvgIpc) is 2.75. The summed E-state index contributed by atoms with van der Waals surface area (Å²) in [5, 5.41) is 8.73. The minimum absolute atomic E-state index is 0.00491. The highest BCUT2D eigenvalue weighted by atomic mass is 16.5. The predicted octanol–water partition coefficient (Wildman–Crippen LogP) is 1.02. The lowest BCUT2D eigenvalue weighted by molar-refractivity contribution is 0.0891. The zero-order chi connectivity index (χ0) is 8.39. The molecule has 12 heavy (non-hydrogen) atoms. The summed E-state index contributed by atoms with van der Waals surface area (Å²) in [6.45, 7) is 0.706. The van der Waals surface area contributed by atoms with Gasteiger partial charge >= 0.3 is 0 Å². The first-order chi connectivity index (χ1) is 5.90. The smallest absolute Gasteiger partial charge is 0.223 e. The summed E-state index contributed by atoms with van der Waals surface area (Å²) in [4.78, 5) is 4.07. The Morgan fingerprint density at radius 2 is 2.58 bits per heavy atom. The fraction of sp³-hybridized carbons (Fsp3) is 0.625. The van der Waals surface area contributed by atoms with Gasteiger partial charge in [-0.1, -0.05) is 0 Å². The minimum Gasteiger partial charge on any atom is -0.446 e. The molecule has 1 N–H and O–H groups in total. The van der Waals surface area contributed by atoms with Crippen LogP contribution in [0.2, 0.25) is 0 Å². The third-order valence-electron chi connectivity index (χ3n) is 1.94. The van der Waals surface area contributed by atoms with Gasteiger partial charge in [0.2, 0.25) is 5.89 Å². The maximum Gasteiger partial charge on any atom is 0.223 e. The highest BCUT2D eigenvalue weighted by molar-refractivity contribution is 4.98. The SMILES string of the molecule is OCc1coc(C2CCCO2)n1. The number of aliphatic hydroxyl groups excluding tert-OH is 1. The Morgan fingerprint density at radius 1 is 1.67 bits per heavy atom. The van der Waals surface area contributed by atoms with Crippen molar-refractivity contribution in [3.05, 3.63) is 17.8 Å². The van der Waals surface area contributed by atoms with Crippen molar-refractivity contribution >= 4 is 0 Å². The van der Waals surface area contributed by atoms with E-state index in [0.717, 1.165) is 19.4 Å². The van der Waals surface area contributed by atoms with Gasteiger partial charge in [-0.15, -0.1) is 0 Å². The Labute approximate surface area is 70.2 Å². The van der Waals surface area contributed by atoms with Crippen molar-refractivity contribution in [1.82, 2.24) is 4.98 Å². The second-order valence-electron chi connectivity index (χ2n) is 2.84. The Balaban J connectivity index is 2.11. The Hall–Kier alpha value is -0.870. The van der Waals surface area contributed by atoms with Gasteiger partial charge < -0.3 is 14.3 Å². The van der Waals surface area contributed by atoms with Gasteiger partial charge in [0.25, 0.3) is 0 Å². The number of aliphatic hydroxyl groups is 1. The molecule has 0 aliphatic carbocycles. The Kier molecular flexibility index (Phi) is 2.10. The van der Waals surface area contributed by atoms with E-state index in [9.17, 15) is 0 Å². The summed E-state index contributed by atoms with van der Waals surface area (Å²) >= 11 is 0. The molecule has 1 atom stereocenters. The van der Waals surface area contributed by atoms with Crippen molar-refractivity contribution in [2.45, 2.75) is 25.6 Å². The van der Waals surface area contributed by atoms with Gasteiger partial charge in [0.15, 0.2) is 0 Å². The van der Waals surface area contributed by atoms with Gasteiger partial charge in [-0.05, 0) is 12.8 Å². The molecule has 1 aliphatic heterocycles. The van der Waals surface area contributed by atoms with Crippen LogP contribution in [0.5, 0.6) is 0 Å². The largest absolute Gasteiger partial charge is 0.446 e.